The first kappa shape index (κ1) is 26.9. The van der Waals surface area contributed by atoms with E-state index in [-0.39, 0.29) is 16.7 Å². The lowest BCUT2D eigenvalue weighted by Crippen LogP contribution is -2.29. The topological polar surface area (TPSA) is 61.4 Å². The van der Waals surface area contributed by atoms with Crippen LogP contribution in [0.25, 0.3) is 0 Å². The van der Waals surface area contributed by atoms with Crippen molar-refractivity contribution in [2.45, 2.75) is 78.1 Å². The highest BCUT2D eigenvalue weighted by Crippen LogP contribution is 2.48. The van der Waals surface area contributed by atoms with Crippen LogP contribution in [-0.4, -0.2) is 29.3 Å². The predicted molar refractivity (Wildman–Crippen MR) is 155 cm³/mol. The molecule has 1 amide bonds. The molecular weight excluding hydrogens is 456 g/mol. The number of hydrogen-bond acceptors (Lipinski definition) is 3. The highest BCUT2D eigenvalue weighted by atomic mass is 16.2. The van der Waals surface area contributed by atoms with Crippen molar-refractivity contribution >= 4 is 23.0 Å². The Kier molecular flexibility index (Phi) is 7.75. The van der Waals surface area contributed by atoms with E-state index in [4.69, 9.17) is 5.84 Å². The van der Waals surface area contributed by atoms with Gasteiger partial charge in [-0.05, 0) is 58.2 Å². The Morgan fingerprint density at radius 1 is 1.03 bits per heavy atom. The number of unbranched alkanes of at least 4 members (excludes halogenated alkanes) is 2. The fourth-order valence-electron chi connectivity index (χ4n) is 6.05. The number of amides is 1. The van der Waals surface area contributed by atoms with Gasteiger partial charge in [0.25, 0.3) is 0 Å². The van der Waals surface area contributed by atoms with Crippen molar-refractivity contribution in [1.29, 1.82) is 0 Å². The number of nitrogens with two attached hydrogens (primary N) is 1. The van der Waals surface area contributed by atoms with Gasteiger partial charge in [0.2, 0.25) is 11.6 Å². The van der Waals surface area contributed by atoms with E-state index in [1.54, 1.807) is 0 Å². The molecule has 5 nitrogen and oxygen atoms in total. The first-order valence-electron chi connectivity index (χ1n) is 13.6. The van der Waals surface area contributed by atoms with E-state index in [2.05, 4.69) is 117 Å². The Labute approximate surface area is 222 Å². The van der Waals surface area contributed by atoms with E-state index in [0.29, 0.717) is 6.42 Å². The molecule has 0 unspecified atom stereocenters. The minimum absolute atomic E-state index is 0.0456. The van der Waals surface area contributed by atoms with Gasteiger partial charge in [0, 0.05) is 53.9 Å². The molecule has 2 heterocycles. The van der Waals surface area contributed by atoms with E-state index >= 15 is 0 Å². The summed E-state index contributed by atoms with van der Waals surface area (Å²) in [5.74, 6) is 5.13. The summed E-state index contributed by atoms with van der Waals surface area (Å²) in [5.41, 5.74) is 11.4. The quantitative estimate of drug-likeness (QED) is 0.142. The van der Waals surface area contributed by atoms with Crippen LogP contribution in [0.5, 0.6) is 0 Å². The third-order valence-corrected chi connectivity index (χ3v) is 8.12. The maximum atomic E-state index is 11.5. The molecule has 0 fully saturated rings. The molecule has 2 aromatic carbocycles. The number of hydrazine groups is 1. The third kappa shape index (κ3) is 5.02. The number of nitrogens with one attached hydrogen (secondary N) is 1. The molecule has 0 saturated carbocycles. The molecule has 2 aliphatic rings. The van der Waals surface area contributed by atoms with E-state index < -0.39 is 0 Å². The molecule has 2 aliphatic heterocycles. The maximum absolute atomic E-state index is 11.5. The zero-order valence-electron chi connectivity index (χ0n) is 23.4. The van der Waals surface area contributed by atoms with Crippen LogP contribution in [0.15, 0.2) is 66.4 Å². The van der Waals surface area contributed by atoms with Crippen LogP contribution in [0.1, 0.15) is 77.0 Å². The second-order valence-corrected chi connectivity index (χ2v) is 11.4. The van der Waals surface area contributed by atoms with Crippen molar-refractivity contribution in [2.75, 3.05) is 18.0 Å². The fourth-order valence-corrected chi connectivity index (χ4v) is 6.05. The van der Waals surface area contributed by atoms with E-state index in [9.17, 15) is 4.79 Å². The zero-order chi connectivity index (χ0) is 26.8. The number of carbonyl (C=O) groups excluding carboxylic acids is 1. The first-order valence-corrected chi connectivity index (χ1v) is 13.6. The Hall–Kier alpha value is -3.18. The summed E-state index contributed by atoms with van der Waals surface area (Å²) in [6, 6.07) is 15.6. The van der Waals surface area contributed by atoms with Crippen molar-refractivity contribution < 1.29 is 9.37 Å². The number of carbonyl (C=O) groups is 1. The lowest BCUT2D eigenvalue weighted by atomic mass is 9.81. The second-order valence-electron chi connectivity index (χ2n) is 11.4. The van der Waals surface area contributed by atoms with Gasteiger partial charge in [0.05, 0.1) is 5.41 Å². The molecule has 4 rings (SSSR count). The number of anilines is 1. The fraction of sp³-hybridized carbons (Fsp3) is 0.438. The highest BCUT2D eigenvalue weighted by Gasteiger charge is 2.44. The van der Waals surface area contributed by atoms with Crippen LogP contribution in [0, 0.1) is 6.92 Å². The average Bonchev–Trinajstić information content (AvgIpc) is 3.22. The second kappa shape index (κ2) is 10.7. The largest absolute Gasteiger partial charge is 0.344 e. The number of likely N-dealkylation sites (N-methyl/N-ethyl adjacent to an activating group) is 1. The number of aryl methyl sites for hydroxylation is 1. The first-order chi connectivity index (χ1) is 17.6. The van der Waals surface area contributed by atoms with E-state index in [0.717, 1.165) is 32.4 Å². The number of nitrogens with zero attached hydrogens (tertiary/aromatic N) is 2. The molecule has 0 aromatic heterocycles. The summed E-state index contributed by atoms with van der Waals surface area (Å²) in [6.45, 7) is 15.6. The Morgan fingerprint density at radius 2 is 1.78 bits per heavy atom. The summed E-state index contributed by atoms with van der Waals surface area (Å²) in [7, 11) is 0. The standard InChI is InChI=1S/C32H42N4O/c1-7-35-27-20-19-23(2)22-25(27)32(5,6)28(35)16-13-17-29-31(3,4)24-14-10-11-15-26(24)36(29)21-12-8-9-18-30(37)34-33/h10-11,13-17,19-20,22H,7-9,12,18,21,33H2,1-6H3/p+1. The smallest absolute Gasteiger partial charge is 0.233 e. The van der Waals surface area contributed by atoms with Crippen LogP contribution in [0.4, 0.5) is 11.4 Å². The van der Waals surface area contributed by atoms with Gasteiger partial charge in [-0.1, -0.05) is 55.8 Å². The molecule has 196 valence electrons. The molecule has 37 heavy (non-hydrogen) atoms. The van der Waals surface area contributed by atoms with Gasteiger partial charge in [-0.2, -0.15) is 4.58 Å². The minimum Gasteiger partial charge on any atom is -0.344 e. The third-order valence-electron chi connectivity index (χ3n) is 8.12. The van der Waals surface area contributed by atoms with Crippen LogP contribution in [0.3, 0.4) is 0 Å². The minimum atomic E-state index is -0.0934. The van der Waals surface area contributed by atoms with Crippen molar-refractivity contribution in [1.82, 2.24) is 5.43 Å². The Morgan fingerprint density at radius 3 is 2.51 bits per heavy atom. The molecule has 0 bridgehead atoms. The summed E-state index contributed by atoms with van der Waals surface area (Å²) in [5, 5.41) is 0. The highest BCUT2D eigenvalue weighted by molar-refractivity contribution is 6.03. The molecule has 0 radical (unpaired) electrons. The van der Waals surface area contributed by atoms with Crippen molar-refractivity contribution in [3.05, 3.63) is 83.1 Å². The molecule has 0 spiro atoms. The van der Waals surface area contributed by atoms with Gasteiger partial charge < -0.3 is 4.90 Å². The number of benzene rings is 2. The van der Waals surface area contributed by atoms with Gasteiger partial charge in [-0.25, -0.2) is 5.84 Å². The SMILES string of the molecule is CCN1/C(=C/C=C/C2=[N+](CCCCCC(=O)NN)c3ccccc3C2(C)C)C(C)(C)c2cc(C)ccc21. The summed E-state index contributed by atoms with van der Waals surface area (Å²) in [4.78, 5) is 13.9. The lowest BCUT2D eigenvalue weighted by molar-refractivity contribution is -0.438. The van der Waals surface area contributed by atoms with Crippen molar-refractivity contribution in [3.8, 4) is 0 Å². The molecule has 0 atom stereocenters. The van der Waals surface area contributed by atoms with Crippen LogP contribution in [-0.2, 0) is 15.6 Å². The Bertz CT molecular complexity index is 1270. The van der Waals surface area contributed by atoms with Crippen molar-refractivity contribution in [3.63, 3.8) is 0 Å². The lowest BCUT2D eigenvalue weighted by Gasteiger charge is -2.25. The summed E-state index contributed by atoms with van der Waals surface area (Å²) >= 11 is 0. The number of para-hydroxylation sites is 1. The number of fused-ring (bicyclic) bond motifs is 2. The average molecular weight is 500 g/mol. The van der Waals surface area contributed by atoms with E-state index in [1.807, 2.05) is 0 Å². The number of rotatable bonds is 9. The van der Waals surface area contributed by atoms with Gasteiger partial charge in [0.15, 0.2) is 5.71 Å². The molecule has 2 aromatic rings. The van der Waals surface area contributed by atoms with Gasteiger partial charge >= 0.3 is 0 Å². The maximum Gasteiger partial charge on any atom is 0.233 e. The van der Waals surface area contributed by atoms with E-state index in [1.165, 1.54) is 39.5 Å². The van der Waals surface area contributed by atoms with Crippen molar-refractivity contribution in [2.24, 2.45) is 5.84 Å². The molecule has 0 saturated heterocycles. The number of allylic oxidation sites excluding steroid dienone is 4. The normalized spacial score (nSPS) is 18.6. The number of hydrogen-bond donors (Lipinski definition) is 2. The molecule has 3 N–H and O–H groups in total. The molecule has 0 aliphatic carbocycles. The van der Waals surface area contributed by atoms with Gasteiger partial charge in [-0.15, -0.1) is 0 Å². The van der Waals surface area contributed by atoms with Crippen LogP contribution < -0.4 is 16.2 Å². The Balaban J connectivity index is 1.63. The zero-order valence-corrected chi connectivity index (χ0v) is 23.4. The predicted octanol–water partition coefficient (Wildman–Crippen LogP) is 6.18. The molecular formula is C32H43N4O+. The summed E-state index contributed by atoms with van der Waals surface area (Å²) < 4.78 is 2.48. The van der Waals surface area contributed by atoms with Crippen LogP contribution >= 0.6 is 0 Å². The molecule has 5 heteroatoms. The van der Waals surface area contributed by atoms with Gasteiger partial charge in [0.1, 0.15) is 6.54 Å². The summed E-state index contributed by atoms with van der Waals surface area (Å²) in [6.07, 6.45) is 10.2. The van der Waals surface area contributed by atoms with Crippen LogP contribution in [0.2, 0.25) is 0 Å². The monoisotopic (exact) mass is 499 g/mol. The van der Waals surface area contributed by atoms with Gasteiger partial charge in [-0.3, -0.25) is 10.2 Å².